The molecule has 0 unspecified atom stereocenters. The van der Waals surface area contributed by atoms with Crippen LogP contribution < -0.4 is 0 Å². The molecule has 1 aromatic carbocycles. The molecule has 0 aliphatic heterocycles. The van der Waals surface area contributed by atoms with E-state index in [0.717, 1.165) is 0 Å². The van der Waals surface area contributed by atoms with E-state index < -0.39 is 0 Å². The van der Waals surface area contributed by atoms with Gasteiger partial charge in [0.15, 0.2) is 0 Å². The molecule has 0 saturated heterocycles. The van der Waals surface area contributed by atoms with E-state index in [1.807, 2.05) is 0 Å². The Balaban J connectivity index is 1.90. The summed E-state index contributed by atoms with van der Waals surface area (Å²) in [4.78, 5) is -0.258. The minimum absolute atomic E-state index is 0.258. The number of hydrogen-bond acceptors (Lipinski definition) is 0. The highest BCUT2D eigenvalue weighted by atomic mass is 35.5. The Labute approximate surface area is 181 Å². The third-order valence-electron chi connectivity index (χ3n) is 5.96. The van der Waals surface area contributed by atoms with Crippen molar-refractivity contribution >= 4 is 11.6 Å². The number of aryl methyl sites for hydroxylation is 1. The number of benzene rings is 1. The van der Waals surface area contributed by atoms with E-state index in [2.05, 4.69) is 45.0 Å². The zero-order valence-corrected chi connectivity index (χ0v) is 20.0. The van der Waals surface area contributed by atoms with Crippen LogP contribution in [0.2, 0.25) is 0 Å². The second-order valence-corrected chi connectivity index (χ2v) is 10.1. The maximum atomic E-state index is 6.54. The first-order valence-corrected chi connectivity index (χ1v) is 12.7. The van der Waals surface area contributed by atoms with Crippen molar-refractivity contribution < 1.29 is 0 Å². The van der Waals surface area contributed by atoms with E-state index in [1.54, 1.807) is 0 Å². The third kappa shape index (κ3) is 12.9. The lowest BCUT2D eigenvalue weighted by Gasteiger charge is -2.20. The normalized spacial score (nSPS) is 11.9. The first-order chi connectivity index (χ1) is 13.6. The lowest BCUT2D eigenvalue weighted by atomic mass is 9.93. The summed E-state index contributed by atoms with van der Waals surface area (Å²) in [6, 6.07) is 8.70. The second kappa shape index (κ2) is 16.3. The van der Waals surface area contributed by atoms with Crippen molar-refractivity contribution in [1.29, 1.82) is 0 Å². The molecule has 0 spiro atoms. The average molecular weight is 407 g/mol. The zero-order chi connectivity index (χ0) is 20.5. The summed E-state index contributed by atoms with van der Waals surface area (Å²) >= 11 is 6.54. The fourth-order valence-corrected chi connectivity index (χ4v) is 4.37. The molecule has 1 aromatic rings. The van der Waals surface area contributed by atoms with Gasteiger partial charge in [-0.25, -0.2) is 0 Å². The number of halogens is 1. The minimum atomic E-state index is -0.258. The van der Waals surface area contributed by atoms with E-state index in [0.29, 0.717) is 0 Å². The molecule has 162 valence electrons. The molecule has 0 fully saturated rings. The molecule has 0 heterocycles. The molecule has 0 amide bonds. The molecule has 0 aromatic heterocycles. The molecule has 0 bridgehead atoms. The Morgan fingerprint density at radius 3 is 1.43 bits per heavy atom. The molecule has 0 nitrogen and oxygen atoms in total. The van der Waals surface area contributed by atoms with Crippen LogP contribution >= 0.6 is 11.6 Å². The van der Waals surface area contributed by atoms with Crippen LogP contribution in [0.3, 0.4) is 0 Å². The zero-order valence-electron chi connectivity index (χ0n) is 19.2. The van der Waals surface area contributed by atoms with Crippen LogP contribution in [0.4, 0.5) is 0 Å². The number of rotatable bonds is 18. The molecule has 1 heteroatoms. The van der Waals surface area contributed by atoms with Crippen molar-refractivity contribution in [1.82, 2.24) is 0 Å². The molecular weight excluding hydrogens is 360 g/mol. The summed E-state index contributed by atoms with van der Waals surface area (Å²) < 4.78 is 0. The number of hydrogen-bond donors (Lipinski definition) is 0. The SMILES string of the molecule is CCCCCCCCCCCCCCCCCCc1ccccc1C(C)(C)Cl. The van der Waals surface area contributed by atoms with Gasteiger partial charge in [0.25, 0.3) is 0 Å². The average Bonchev–Trinajstić information content (AvgIpc) is 2.67. The summed E-state index contributed by atoms with van der Waals surface area (Å²) in [5, 5.41) is 0. The topological polar surface area (TPSA) is 0 Å². The van der Waals surface area contributed by atoms with Gasteiger partial charge >= 0.3 is 0 Å². The van der Waals surface area contributed by atoms with Gasteiger partial charge in [0, 0.05) is 0 Å². The molecule has 0 N–H and O–H groups in total. The van der Waals surface area contributed by atoms with Gasteiger partial charge in [0.1, 0.15) is 0 Å². The monoisotopic (exact) mass is 406 g/mol. The highest BCUT2D eigenvalue weighted by molar-refractivity contribution is 6.23. The molecule has 0 aliphatic carbocycles. The van der Waals surface area contributed by atoms with Crippen molar-refractivity contribution in [2.24, 2.45) is 0 Å². The lowest BCUT2D eigenvalue weighted by molar-refractivity contribution is 0.529. The van der Waals surface area contributed by atoms with E-state index in [9.17, 15) is 0 Å². The van der Waals surface area contributed by atoms with Gasteiger partial charge in [-0.05, 0) is 37.8 Å². The van der Waals surface area contributed by atoms with Crippen LogP contribution in [0.25, 0.3) is 0 Å². The predicted molar refractivity (Wildman–Crippen MR) is 129 cm³/mol. The first kappa shape index (κ1) is 25.5. The molecule has 0 radical (unpaired) electrons. The molecule has 0 saturated carbocycles. The van der Waals surface area contributed by atoms with Crippen LogP contribution in [-0.4, -0.2) is 0 Å². The van der Waals surface area contributed by atoms with Gasteiger partial charge in [0.05, 0.1) is 4.87 Å². The van der Waals surface area contributed by atoms with Crippen molar-refractivity contribution in [2.75, 3.05) is 0 Å². The van der Waals surface area contributed by atoms with E-state index in [1.165, 1.54) is 120 Å². The first-order valence-electron chi connectivity index (χ1n) is 12.3. The van der Waals surface area contributed by atoms with E-state index in [-0.39, 0.29) is 4.87 Å². The van der Waals surface area contributed by atoms with Crippen LogP contribution in [-0.2, 0) is 11.3 Å². The fraction of sp³-hybridized carbons (Fsp3) is 0.778. The minimum Gasteiger partial charge on any atom is -0.115 e. The second-order valence-electron chi connectivity index (χ2n) is 9.18. The van der Waals surface area contributed by atoms with Crippen molar-refractivity contribution in [3.8, 4) is 0 Å². The van der Waals surface area contributed by atoms with Gasteiger partial charge in [-0.15, -0.1) is 11.6 Å². The van der Waals surface area contributed by atoms with Crippen LogP contribution in [0, 0.1) is 0 Å². The summed E-state index contributed by atoms with van der Waals surface area (Å²) in [6.45, 7) is 6.49. The van der Waals surface area contributed by atoms with Gasteiger partial charge in [-0.3, -0.25) is 0 Å². The third-order valence-corrected chi connectivity index (χ3v) is 6.16. The van der Waals surface area contributed by atoms with Gasteiger partial charge in [-0.2, -0.15) is 0 Å². The van der Waals surface area contributed by atoms with Gasteiger partial charge in [0.2, 0.25) is 0 Å². The maximum absolute atomic E-state index is 6.54. The van der Waals surface area contributed by atoms with Gasteiger partial charge < -0.3 is 0 Å². The molecule has 0 atom stereocenters. The maximum Gasteiger partial charge on any atom is 0.0641 e. The Morgan fingerprint density at radius 2 is 1.00 bits per heavy atom. The van der Waals surface area contributed by atoms with Crippen molar-refractivity contribution in [2.45, 2.75) is 135 Å². The molecule has 1 rings (SSSR count). The van der Waals surface area contributed by atoms with E-state index in [4.69, 9.17) is 11.6 Å². The Hall–Kier alpha value is -0.490. The molecular formula is C27H47Cl. The quantitative estimate of drug-likeness (QED) is 0.168. The highest BCUT2D eigenvalue weighted by Crippen LogP contribution is 2.31. The lowest BCUT2D eigenvalue weighted by Crippen LogP contribution is -2.10. The standard InChI is InChI=1S/C27H47Cl/c1-4-5-6-7-8-9-10-11-12-13-14-15-16-17-18-19-22-25-23-20-21-24-26(25)27(2,3)28/h20-21,23-24H,4-19,22H2,1-3H3. The molecule has 0 aliphatic rings. The largest absolute Gasteiger partial charge is 0.115 e. The number of unbranched alkanes of at least 4 members (excludes halogenated alkanes) is 15. The summed E-state index contributed by atoms with van der Waals surface area (Å²) in [5.41, 5.74) is 2.74. The van der Waals surface area contributed by atoms with Crippen LogP contribution in [0.15, 0.2) is 24.3 Å². The van der Waals surface area contributed by atoms with Crippen LogP contribution in [0.1, 0.15) is 135 Å². The Bertz CT molecular complexity index is 471. The summed E-state index contributed by atoms with van der Waals surface area (Å²) in [7, 11) is 0. The van der Waals surface area contributed by atoms with Crippen molar-refractivity contribution in [3.63, 3.8) is 0 Å². The van der Waals surface area contributed by atoms with Gasteiger partial charge in [-0.1, -0.05) is 128 Å². The predicted octanol–water partition coefficient (Wildman–Crippen LogP) is 9.96. The number of alkyl halides is 1. The highest BCUT2D eigenvalue weighted by Gasteiger charge is 2.19. The summed E-state index contributed by atoms with van der Waals surface area (Å²) in [5.74, 6) is 0. The van der Waals surface area contributed by atoms with Crippen molar-refractivity contribution in [3.05, 3.63) is 35.4 Å². The van der Waals surface area contributed by atoms with E-state index >= 15 is 0 Å². The molecule has 28 heavy (non-hydrogen) atoms. The smallest absolute Gasteiger partial charge is 0.0641 e. The van der Waals surface area contributed by atoms with Crippen LogP contribution in [0.5, 0.6) is 0 Å². The Kier molecular flexibility index (Phi) is 14.9. The fourth-order valence-electron chi connectivity index (χ4n) is 4.18. The summed E-state index contributed by atoms with van der Waals surface area (Å²) in [6.07, 6.45) is 24.0. The Morgan fingerprint density at radius 1 is 0.607 bits per heavy atom.